The van der Waals surface area contributed by atoms with Crippen LogP contribution in [0.15, 0.2) is 24.3 Å². The van der Waals surface area contributed by atoms with Crippen molar-refractivity contribution in [2.24, 2.45) is 5.92 Å². The third-order valence-corrected chi connectivity index (χ3v) is 3.86. The molecule has 3 unspecified atom stereocenters. The highest BCUT2D eigenvalue weighted by atomic mass is 16.5. The Balaban J connectivity index is 2.15. The maximum absolute atomic E-state index is 5.94. The summed E-state index contributed by atoms with van der Waals surface area (Å²) >= 11 is 0. The van der Waals surface area contributed by atoms with E-state index in [0.717, 1.165) is 31.7 Å². The second-order valence-electron chi connectivity index (χ2n) is 5.31. The van der Waals surface area contributed by atoms with E-state index in [2.05, 4.69) is 31.3 Å². The van der Waals surface area contributed by atoms with Crippen LogP contribution >= 0.6 is 0 Å². The number of rotatable bonds is 6. The Bertz CT molecular complexity index is 377. The summed E-state index contributed by atoms with van der Waals surface area (Å²) in [5.74, 6) is 1.51. The summed E-state index contributed by atoms with van der Waals surface area (Å²) in [4.78, 5) is 0. The zero-order chi connectivity index (χ0) is 13.7. The van der Waals surface area contributed by atoms with Crippen molar-refractivity contribution >= 4 is 0 Å². The van der Waals surface area contributed by atoms with Crippen LogP contribution in [-0.2, 0) is 4.74 Å². The van der Waals surface area contributed by atoms with Gasteiger partial charge in [-0.25, -0.2) is 0 Å². The first-order chi connectivity index (χ1) is 9.26. The fourth-order valence-corrected chi connectivity index (χ4v) is 2.68. The molecule has 1 aromatic rings. The molecular weight excluding hydrogens is 238 g/mol. The molecule has 1 aliphatic heterocycles. The fraction of sp³-hybridized carbons (Fsp3) is 0.625. The van der Waals surface area contributed by atoms with Gasteiger partial charge in [-0.2, -0.15) is 0 Å². The molecule has 1 heterocycles. The Morgan fingerprint density at radius 2 is 2.11 bits per heavy atom. The zero-order valence-corrected chi connectivity index (χ0v) is 12.2. The minimum absolute atomic E-state index is 0.278. The summed E-state index contributed by atoms with van der Waals surface area (Å²) in [6.45, 7) is 6.37. The SMILES string of the molecule is CCCNC(c1ccc(OC)cc1)C1OCCC1C. The zero-order valence-electron chi connectivity index (χ0n) is 12.2. The maximum Gasteiger partial charge on any atom is 0.118 e. The van der Waals surface area contributed by atoms with Crippen LogP contribution in [0.25, 0.3) is 0 Å². The Kier molecular flexibility index (Phi) is 5.23. The predicted molar refractivity (Wildman–Crippen MR) is 77.5 cm³/mol. The number of nitrogens with one attached hydrogen (secondary N) is 1. The molecule has 3 nitrogen and oxygen atoms in total. The molecule has 106 valence electrons. The van der Waals surface area contributed by atoms with Gasteiger partial charge in [-0.1, -0.05) is 26.0 Å². The lowest BCUT2D eigenvalue weighted by molar-refractivity contribution is 0.0607. The first-order valence-electron chi connectivity index (χ1n) is 7.25. The van der Waals surface area contributed by atoms with Gasteiger partial charge in [0.25, 0.3) is 0 Å². The fourth-order valence-electron chi connectivity index (χ4n) is 2.68. The minimum atomic E-state index is 0.278. The molecule has 3 atom stereocenters. The molecule has 1 N–H and O–H groups in total. The quantitative estimate of drug-likeness (QED) is 0.855. The third kappa shape index (κ3) is 3.48. The average molecular weight is 263 g/mol. The van der Waals surface area contributed by atoms with Crippen LogP contribution in [0.4, 0.5) is 0 Å². The summed E-state index contributed by atoms with van der Waals surface area (Å²) in [6.07, 6.45) is 2.57. The Labute approximate surface area is 116 Å². The first-order valence-corrected chi connectivity index (χ1v) is 7.25. The predicted octanol–water partition coefficient (Wildman–Crippen LogP) is 3.16. The number of methoxy groups -OCH3 is 1. The molecule has 2 rings (SSSR count). The van der Waals surface area contributed by atoms with E-state index in [4.69, 9.17) is 9.47 Å². The van der Waals surface area contributed by atoms with Gasteiger partial charge >= 0.3 is 0 Å². The smallest absolute Gasteiger partial charge is 0.118 e. The number of hydrogen-bond acceptors (Lipinski definition) is 3. The van der Waals surface area contributed by atoms with E-state index in [0.29, 0.717) is 5.92 Å². The van der Waals surface area contributed by atoms with Crippen molar-refractivity contribution in [3.8, 4) is 5.75 Å². The lowest BCUT2D eigenvalue weighted by atomic mass is 9.92. The van der Waals surface area contributed by atoms with Gasteiger partial charge in [0, 0.05) is 6.61 Å². The molecule has 1 saturated heterocycles. The summed E-state index contributed by atoms with van der Waals surface area (Å²) in [5.41, 5.74) is 1.29. The van der Waals surface area contributed by atoms with Crippen molar-refractivity contribution in [2.45, 2.75) is 38.8 Å². The third-order valence-electron chi connectivity index (χ3n) is 3.86. The van der Waals surface area contributed by atoms with Crippen LogP contribution in [0.3, 0.4) is 0 Å². The van der Waals surface area contributed by atoms with Crippen molar-refractivity contribution in [2.75, 3.05) is 20.3 Å². The van der Waals surface area contributed by atoms with Crippen molar-refractivity contribution in [1.29, 1.82) is 0 Å². The van der Waals surface area contributed by atoms with Crippen molar-refractivity contribution in [3.63, 3.8) is 0 Å². The summed E-state index contributed by atoms with van der Waals surface area (Å²) < 4.78 is 11.2. The van der Waals surface area contributed by atoms with Crippen LogP contribution in [0.1, 0.15) is 38.3 Å². The minimum Gasteiger partial charge on any atom is -0.497 e. The molecule has 0 saturated carbocycles. The van der Waals surface area contributed by atoms with E-state index >= 15 is 0 Å². The Morgan fingerprint density at radius 3 is 2.63 bits per heavy atom. The largest absolute Gasteiger partial charge is 0.497 e. The lowest BCUT2D eigenvalue weighted by Gasteiger charge is -2.27. The van der Waals surface area contributed by atoms with Gasteiger partial charge in [-0.05, 0) is 43.0 Å². The van der Waals surface area contributed by atoms with E-state index in [9.17, 15) is 0 Å². The molecule has 3 heteroatoms. The molecule has 19 heavy (non-hydrogen) atoms. The molecule has 0 amide bonds. The van der Waals surface area contributed by atoms with E-state index in [-0.39, 0.29) is 12.1 Å². The van der Waals surface area contributed by atoms with E-state index in [1.54, 1.807) is 7.11 Å². The van der Waals surface area contributed by atoms with Crippen LogP contribution in [0.2, 0.25) is 0 Å². The Morgan fingerprint density at radius 1 is 1.37 bits per heavy atom. The maximum atomic E-state index is 5.94. The lowest BCUT2D eigenvalue weighted by Crippen LogP contribution is -2.35. The standard InChI is InChI=1S/C16H25NO2/c1-4-10-17-15(16-12(2)9-11-19-16)13-5-7-14(18-3)8-6-13/h5-8,12,15-17H,4,9-11H2,1-3H3. The topological polar surface area (TPSA) is 30.5 Å². The summed E-state index contributed by atoms with van der Waals surface area (Å²) in [7, 11) is 1.70. The summed E-state index contributed by atoms with van der Waals surface area (Å²) in [6, 6.07) is 8.61. The average Bonchev–Trinajstić information content (AvgIpc) is 2.86. The molecule has 0 aliphatic carbocycles. The van der Waals surface area contributed by atoms with E-state index in [1.807, 2.05) is 12.1 Å². The molecule has 0 spiro atoms. The van der Waals surface area contributed by atoms with Gasteiger partial charge < -0.3 is 14.8 Å². The number of hydrogen-bond donors (Lipinski definition) is 1. The van der Waals surface area contributed by atoms with Crippen molar-refractivity contribution in [1.82, 2.24) is 5.32 Å². The van der Waals surface area contributed by atoms with Crippen LogP contribution < -0.4 is 10.1 Å². The van der Waals surface area contributed by atoms with Crippen LogP contribution in [0.5, 0.6) is 5.75 Å². The molecule has 0 bridgehead atoms. The van der Waals surface area contributed by atoms with Gasteiger partial charge in [0.05, 0.1) is 19.3 Å². The second-order valence-corrected chi connectivity index (χ2v) is 5.31. The van der Waals surface area contributed by atoms with Crippen LogP contribution in [-0.4, -0.2) is 26.4 Å². The van der Waals surface area contributed by atoms with E-state index < -0.39 is 0 Å². The van der Waals surface area contributed by atoms with Crippen LogP contribution in [0, 0.1) is 5.92 Å². The van der Waals surface area contributed by atoms with E-state index in [1.165, 1.54) is 5.56 Å². The first kappa shape index (κ1) is 14.4. The molecule has 1 aliphatic rings. The number of benzene rings is 1. The molecule has 1 aromatic carbocycles. The highest BCUT2D eigenvalue weighted by Crippen LogP contribution is 2.32. The van der Waals surface area contributed by atoms with Crippen molar-refractivity contribution in [3.05, 3.63) is 29.8 Å². The van der Waals surface area contributed by atoms with Gasteiger partial charge in [0.15, 0.2) is 0 Å². The molecular formula is C16H25NO2. The monoisotopic (exact) mass is 263 g/mol. The van der Waals surface area contributed by atoms with Crippen molar-refractivity contribution < 1.29 is 9.47 Å². The second kappa shape index (κ2) is 6.92. The van der Waals surface area contributed by atoms with Gasteiger partial charge in [-0.3, -0.25) is 0 Å². The van der Waals surface area contributed by atoms with Gasteiger partial charge in [0.2, 0.25) is 0 Å². The van der Waals surface area contributed by atoms with Gasteiger partial charge in [-0.15, -0.1) is 0 Å². The molecule has 1 fully saturated rings. The number of ether oxygens (including phenoxy) is 2. The highest BCUT2D eigenvalue weighted by molar-refractivity contribution is 5.30. The van der Waals surface area contributed by atoms with Gasteiger partial charge in [0.1, 0.15) is 5.75 Å². The normalized spacial score (nSPS) is 24.4. The summed E-state index contributed by atoms with van der Waals surface area (Å²) in [5, 5.41) is 3.63. The Hall–Kier alpha value is -1.06. The molecule has 0 radical (unpaired) electrons. The molecule has 0 aromatic heterocycles. The highest BCUT2D eigenvalue weighted by Gasteiger charge is 2.32.